The zero-order valence-electron chi connectivity index (χ0n) is 17.5. The predicted octanol–water partition coefficient (Wildman–Crippen LogP) is 3.67. The second-order valence-electron chi connectivity index (χ2n) is 7.42. The number of aromatic hydroxyl groups is 1. The lowest BCUT2D eigenvalue weighted by atomic mass is 10.0. The topological polar surface area (TPSA) is 126 Å². The van der Waals surface area contributed by atoms with Gasteiger partial charge in [0.25, 0.3) is 5.56 Å². The number of aromatic nitrogens is 1. The SMILES string of the molecule is NS(=O)(=O)c1ccc(CN=Cc2c(O)[nH]c(=O)c3ccc(/C=C/c4ccccc4)cc23)cc1. The summed E-state index contributed by atoms with van der Waals surface area (Å²) >= 11 is 0. The van der Waals surface area contributed by atoms with Gasteiger partial charge in [-0.15, -0.1) is 0 Å². The van der Waals surface area contributed by atoms with Gasteiger partial charge in [-0.05, 0) is 41.0 Å². The molecule has 0 aliphatic heterocycles. The Balaban J connectivity index is 1.64. The number of primary sulfonamides is 1. The van der Waals surface area contributed by atoms with Crippen molar-refractivity contribution in [2.75, 3.05) is 0 Å². The molecule has 0 spiro atoms. The molecule has 33 heavy (non-hydrogen) atoms. The molecule has 0 unspecified atom stereocenters. The minimum Gasteiger partial charge on any atom is -0.494 e. The zero-order valence-corrected chi connectivity index (χ0v) is 18.3. The van der Waals surface area contributed by atoms with E-state index in [1.807, 2.05) is 54.6 Å². The molecular weight excluding hydrogens is 438 g/mol. The quantitative estimate of drug-likeness (QED) is 0.300. The van der Waals surface area contributed by atoms with Crippen LogP contribution in [0, 0.1) is 0 Å². The number of pyridine rings is 1. The fourth-order valence-electron chi connectivity index (χ4n) is 3.37. The third-order valence-electron chi connectivity index (χ3n) is 5.08. The van der Waals surface area contributed by atoms with E-state index in [1.165, 1.54) is 18.3 Å². The molecule has 1 heterocycles. The first-order chi connectivity index (χ1) is 15.8. The van der Waals surface area contributed by atoms with Crippen LogP contribution in [0.15, 0.2) is 87.5 Å². The molecule has 3 aromatic carbocycles. The van der Waals surface area contributed by atoms with E-state index in [-0.39, 0.29) is 17.3 Å². The molecule has 0 radical (unpaired) electrons. The van der Waals surface area contributed by atoms with Gasteiger partial charge in [-0.3, -0.25) is 14.8 Å². The summed E-state index contributed by atoms with van der Waals surface area (Å²) in [6, 6.07) is 21.3. The van der Waals surface area contributed by atoms with E-state index < -0.39 is 15.6 Å². The van der Waals surface area contributed by atoms with Crippen molar-refractivity contribution in [3.63, 3.8) is 0 Å². The van der Waals surface area contributed by atoms with E-state index in [0.29, 0.717) is 16.3 Å². The Morgan fingerprint density at radius 2 is 1.61 bits per heavy atom. The fraction of sp³-hybridized carbons (Fsp3) is 0.0400. The molecule has 1 aromatic heterocycles. The van der Waals surface area contributed by atoms with Crippen molar-refractivity contribution >= 4 is 39.2 Å². The molecular formula is C25H21N3O4S. The van der Waals surface area contributed by atoms with E-state index in [4.69, 9.17) is 5.14 Å². The van der Waals surface area contributed by atoms with E-state index in [1.54, 1.807) is 18.2 Å². The van der Waals surface area contributed by atoms with Crippen molar-refractivity contribution in [3.05, 3.63) is 105 Å². The Hall–Kier alpha value is -4.01. The number of aliphatic imine (C=N–C) groups is 1. The van der Waals surface area contributed by atoms with Crippen molar-refractivity contribution < 1.29 is 13.5 Å². The van der Waals surface area contributed by atoms with Gasteiger partial charge in [0.2, 0.25) is 15.9 Å². The lowest BCUT2D eigenvalue weighted by Crippen LogP contribution is -2.11. The Morgan fingerprint density at radius 3 is 2.30 bits per heavy atom. The van der Waals surface area contributed by atoms with Gasteiger partial charge < -0.3 is 5.11 Å². The first kappa shape index (κ1) is 22.2. The molecule has 0 bridgehead atoms. The summed E-state index contributed by atoms with van der Waals surface area (Å²) in [5.41, 5.74) is 2.67. The molecule has 166 valence electrons. The van der Waals surface area contributed by atoms with Gasteiger partial charge in [-0.1, -0.05) is 60.7 Å². The molecule has 8 heteroatoms. The van der Waals surface area contributed by atoms with Gasteiger partial charge in [-0.2, -0.15) is 0 Å². The van der Waals surface area contributed by atoms with Crippen LogP contribution in [-0.2, 0) is 16.6 Å². The highest BCUT2D eigenvalue weighted by Gasteiger charge is 2.10. The average molecular weight is 460 g/mol. The summed E-state index contributed by atoms with van der Waals surface area (Å²) in [5, 5.41) is 16.5. The maximum atomic E-state index is 12.3. The molecule has 0 aliphatic rings. The van der Waals surface area contributed by atoms with Crippen LogP contribution in [0.5, 0.6) is 5.88 Å². The molecule has 0 aliphatic carbocycles. The Kier molecular flexibility index (Phi) is 6.21. The second-order valence-corrected chi connectivity index (χ2v) is 8.99. The number of nitrogens with one attached hydrogen (secondary N) is 1. The van der Waals surface area contributed by atoms with Crippen LogP contribution in [0.25, 0.3) is 22.9 Å². The normalized spacial score (nSPS) is 12.2. The molecule has 4 rings (SSSR count). The van der Waals surface area contributed by atoms with Gasteiger partial charge in [0.05, 0.1) is 17.0 Å². The number of aromatic amines is 1. The number of hydrogen-bond donors (Lipinski definition) is 3. The summed E-state index contributed by atoms with van der Waals surface area (Å²) in [7, 11) is -3.75. The number of nitrogens with zero attached hydrogens (tertiary/aromatic N) is 1. The van der Waals surface area contributed by atoms with Crippen LogP contribution in [-0.4, -0.2) is 24.7 Å². The van der Waals surface area contributed by atoms with Crippen molar-refractivity contribution in [2.24, 2.45) is 10.1 Å². The summed E-state index contributed by atoms with van der Waals surface area (Å²) in [4.78, 5) is 19.1. The molecule has 0 amide bonds. The minimum atomic E-state index is -3.75. The Bertz CT molecular complexity index is 1520. The minimum absolute atomic E-state index is 0.0237. The number of rotatable bonds is 6. The zero-order chi connectivity index (χ0) is 23.4. The molecule has 7 nitrogen and oxygen atoms in total. The molecule has 4 N–H and O–H groups in total. The van der Waals surface area contributed by atoms with E-state index in [9.17, 15) is 18.3 Å². The number of hydrogen-bond acceptors (Lipinski definition) is 5. The molecule has 4 aromatic rings. The van der Waals surface area contributed by atoms with Crippen LogP contribution in [0.4, 0.5) is 0 Å². The summed E-state index contributed by atoms with van der Waals surface area (Å²) in [5.74, 6) is -0.273. The van der Waals surface area contributed by atoms with Gasteiger partial charge in [0, 0.05) is 17.0 Å². The monoisotopic (exact) mass is 459 g/mol. The maximum absolute atomic E-state index is 12.3. The van der Waals surface area contributed by atoms with Gasteiger partial charge in [0.15, 0.2) is 0 Å². The first-order valence-electron chi connectivity index (χ1n) is 10.0. The standard InChI is InChI=1S/C25H21N3O4S/c26-33(31,32)20-11-8-19(9-12-20)15-27-16-23-22-14-18(7-6-17-4-2-1-3-5-17)10-13-21(22)24(29)28-25(23)30/h1-14,16H,15H2,(H2,26,31,32)(H2,28,29,30)/b7-6+,27-16?. The van der Waals surface area contributed by atoms with Gasteiger partial charge in [0.1, 0.15) is 0 Å². The van der Waals surface area contributed by atoms with Crippen LogP contribution in [0.1, 0.15) is 22.3 Å². The van der Waals surface area contributed by atoms with E-state index >= 15 is 0 Å². The summed E-state index contributed by atoms with van der Waals surface area (Å²) < 4.78 is 22.7. The smallest absolute Gasteiger partial charge is 0.258 e. The largest absolute Gasteiger partial charge is 0.494 e. The second kappa shape index (κ2) is 9.23. The van der Waals surface area contributed by atoms with Crippen LogP contribution < -0.4 is 10.7 Å². The number of sulfonamides is 1. The van der Waals surface area contributed by atoms with E-state index in [2.05, 4.69) is 9.98 Å². The molecule has 0 saturated carbocycles. The van der Waals surface area contributed by atoms with Gasteiger partial charge >= 0.3 is 0 Å². The highest BCUT2D eigenvalue weighted by molar-refractivity contribution is 7.89. The highest BCUT2D eigenvalue weighted by Crippen LogP contribution is 2.23. The van der Waals surface area contributed by atoms with E-state index in [0.717, 1.165) is 16.7 Å². The number of fused-ring (bicyclic) bond motifs is 1. The van der Waals surface area contributed by atoms with Crippen molar-refractivity contribution in [3.8, 4) is 5.88 Å². The fourth-order valence-corrected chi connectivity index (χ4v) is 3.89. The Morgan fingerprint density at radius 1 is 0.909 bits per heavy atom. The third-order valence-corrected chi connectivity index (χ3v) is 6.01. The Labute approximate surface area is 190 Å². The molecule has 0 fully saturated rings. The summed E-state index contributed by atoms with van der Waals surface area (Å²) in [6.45, 7) is 0.249. The number of H-pyrrole nitrogens is 1. The molecule has 0 saturated heterocycles. The van der Waals surface area contributed by atoms with Crippen LogP contribution in [0.2, 0.25) is 0 Å². The number of nitrogens with two attached hydrogens (primary N) is 1. The van der Waals surface area contributed by atoms with Crippen LogP contribution >= 0.6 is 0 Å². The van der Waals surface area contributed by atoms with Crippen molar-refractivity contribution in [1.29, 1.82) is 0 Å². The van der Waals surface area contributed by atoms with Crippen LogP contribution in [0.3, 0.4) is 0 Å². The van der Waals surface area contributed by atoms with Crippen molar-refractivity contribution in [2.45, 2.75) is 11.4 Å². The predicted molar refractivity (Wildman–Crippen MR) is 131 cm³/mol. The summed E-state index contributed by atoms with van der Waals surface area (Å²) in [6.07, 6.45) is 5.39. The molecule has 0 atom stereocenters. The number of benzene rings is 3. The third kappa shape index (κ3) is 5.25. The van der Waals surface area contributed by atoms with Crippen molar-refractivity contribution in [1.82, 2.24) is 4.98 Å². The first-order valence-corrected chi connectivity index (χ1v) is 11.6. The maximum Gasteiger partial charge on any atom is 0.258 e. The highest BCUT2D eigenvalue weighted by atomic mass is 32.2. The lowest BCUT2D eigenvalue weighted by molar-refractivity contribution is 0.452. The van der Waals surface area contributed by atoms with Gasteiger partial charge in [-0.25, -0.2) is 13.6 Å². The lowest BCUT2D eigenvalue weighted by Gasteiger charge is -2.06. The average Bonchev–Trinajstić information content (AvgIpc) is 2.80.